The van der Waals surface area contributed by atoms with Crippen molar-refractivity contribution in [3.8, 4) is 0 Å². The molecule has 0 amide bonds. The monoisotopic (exact) mass is 448 g/mol. The molecule has 1 heterocycles. The fourth-order valence-corrected chi connectivity index (χ4v) is 4.88. The van der Waals surface area contributed by atoms with Crippen LogP contribution >= 0.6 is 0 Å². The van der Waals surface area contributed by atoms with Gasteiger partial charge in [0.2, 0.25) is 10.0 Å². The number of hydrogen-bond donors (Lipinski definition) is 2. The van der Waals surface area contributed by atoms with E-state index in [9.17, 15) is 12.8 Å². The number of nitrogens with one attached hydrogen (secondary N) is 2. The molecule has 7 nitrogen and oxygen atoms in total. The molecule has 168 valence electrons. The molecule has 2 aromatic carbocycles. The molecule has 3 rings (SSSR count). The number of sulfonamides is 1. The van der Waals surface area contributed by atoms with Gasteiger partial charge in [0, 0.05) is 33.2 Å². The second-order valence-electron chi connectivity index (χ2n) is 7.40. The van der Waals surface area contributed by atoms with Crippen LogP contribution in [0.5, 0.6) is 0 Å². The number of nitrogens with zero attached hydrogens (tertiary/aromatic N) is 2. The first-order valence-electron chi connectivity index (χ1n) is 10.2. The summed E-state index contributed by atoms with van der Waals surface area (Å²) in [5.74, 6) is 0.254. The van der Waals surface area contributed by atoms with Crippen molar-refractivity contribution in [2.75, 3.05) is 33.4 Å². The van der Waals surface area contributed by atoms with E-state index in [1.165, 1.54) is 10.4 Å². The van der Waals surface area contributed by atoms with Crippen molar-refractivity contribution in [2.45, 2.75) is 25.8 Å². The Morgan fingerprint density at radius 1 is 1.10 bits per heavy atom. The topological polar surface area (TPSA) is 83.0 Å². The molecular weight excluding hydrogens is 419 g/mol. The molecule has 0 saturated carbocycles. The first-order valence-corrected chi connectivity index (χ1v) is 11.8. The predicted octanol–water partition coefficient (Wildman–Crippen LogP) is 2.16. The average Bonchev–Trinajstić information content (AvgIpc) is 2.77. The molecule has 0 unspecified atom stereocenters. The van der Waals surface area contributed by atoms with Crippen LogP contribution in [0.4, 0.5) is 4.39 Å². The van der Waals surface area contributed by atoms with Crippen molar-refractivity contribution in [3.05, 3.63) is 70.5 Å². The molecule has 0 aliphatic carbocycles. The van der Waals surface area contributed by atoms with Crippen molar-refractivity contribution in [1.29, 1.82) is 0 Å². The number of halogens is 1. The largest absolute Gasteiger partial charge is 0.379 e. The number of rotatable bonds is 7. The third-order valence-corrected chi connectivity index (χ3v) is 7.01. The van der Waals surface area contributed by atoms with E-state index < -0.39 is 10.0 Å². The number of aryl methyl sites for hydroxylation is 1. The third kappa shape index (κ3) is 6.49. The zero-order valence-corrected chi connectivity index (χ0v) is 18.7. The van der Waals surface area contributed by atoms with E-state index in [0.717, 1.165) is 16.7 Å². The SMILES string of the molecule is CN=C(NCc1ccc(C)c(F)c1)NCc1ccccc1CS(=O)(=O)N1CCOCC1. The van der Waals surface area contributed by atoms with Gasteiger partial charge in [-0.25, -0.2) is 12.8 Å². The first kappa shape index (κ1) is 23.2. The molecule has 1 aliphatic rings. The second kappa shape index (κ2) is 10.7. The van der Waals surface area contributed by atoms with E-state index in [2.05, 4.69) is 15.6 Å². The highest BCUT2D eigenvalue weighted by Gasteiger charge is 2.25. The number of hydrogen-bond acceptors (Lipinski definition) is 4. The molecule has 0 radical (unpaired) electrons. The maximum absolute atomic E-state index is 13.7. The van der Waals surface area contributed by atoms with Crippen molar-refractivity contribution in [2.24, 2.45) is 4.99 Å². The highest BCUT2D eigenvalue weighted by atomic mass is 32.2. The number of benzene rings is 2. The molecule has 0 bridgehead atoms. The zero-order chi connectivity index (χ0) is 22.3. The van der Waals surface area contributed by atoms with Gasteiger partial charge in [0.25, 0.3) is 0 Å². The molecule has 2 N–H and O–H groups in total. The quantitative estimate of drug-likeness (QED) is 0.501. The zero-order valence-electron chi connectivity index (χ0n) is 17.9. The Balaban J connectivity index is 1.61. The summed E-state index contributed by atoms with van der Waals surface area (Å²) < 4.78 is 46.1. The van der Waals surface area contributed by atoms with E-state index in [1.807, 2.05) is 30.3 Å². The molecule has 9 heteroatoms. The smallest absolute Gasteiger partial charge is 0.218 e. The fourth-order valence-electron chi connectivity index (χ4n) is 3.31. The van der Waals surface area contributed by atoms with E-state index in [-0.39, 0.29) is 11.6 Å². The molecule has 1 saturated heterocycles. The summed E-state index contributed by atoms with van der Waals surface area (Å²) in [6, 6.07) is 12.6. The number of aliphatic imine (C=N–C) groups is 1. The maximum Gasteiger partial charge on any atom is 0.218 e. The van der Waals surface area contributed by atoms with Crippen LogP contribution in [0.1, 0.15) is 22.3 Å². The number of guanidine groups is 1. The first-order chi connectivity index (χ1) is 14.9. The normalized spacial score (nSPS) is 15.6. The highest BCUT2D eigenvalue weighted by Crippen LogP contribution is 2.16. The summed E-state index contributed by atoms with van der Waals surface area (Å²) in [6.07, 6.45) is 0. The molecule has 31 heavy (non-hydrogen) atoms. The van der Waals surface area contributed by atoms with Crippen LogP contribution in [-0.2, 0) is 33.6 Å². The lowest BCUT2D eigenvalue weighted by Gasteiger charge is -2.26. The molecule has 0 aromatic heterocycles. The van der Waals surface area contributed by atoms with Crippen LogP contribution in [0, 0.1) is 12.7 Å². The van der Waals surface area contributed by atoms with Gasteiger partial charge in [-0.2, -0.15) is 4.31 Å². The Labute approximate surface area is 183 Å². The molecular formula is C22H29FN4O3S. The van der Waals surface area contributed by atoms with Crippen molar-refractivity contribution in [3.63, 3.8) is 0 Å². The van der Waals surface area contributed by atoms with Gasteiger partial charge in [0.1, 0.15) is 5.82 Å². The van der Waals surface area contributed by atoms with Crippen LogP contribution in [0.3, 0.4) is 0 Å². The number of morpholine rings is 1. The summed E-state index contributed by atoms with van der Waals surface area (Å²) in [4.78, 5) is 4.20. The van der Waals surface area contributed by atoms with Gasteiger partial charge in [0.05, 0.1) is 19.0 Å². The Morgan fingerprint density at radius 2 is 1.77 bits per heavy atom. The molecule has 0 spiro atoms. The average molecular weight is 449 g/mol. The van der Waals surface area contributed by atoms with Crippen molar-refractivity contribution >= 4 is 16.0 Å². The Bertz CT molecular complexity index is 1020. The predicted molar refractivity (Wildman–Crippen MR) is 120 cm³/mol. The lowest BCUT2D eigenvalue weighted by atomic mass is 10.1. The number of ether oxygens (including phenoxy) is 1. The van der Waals surface area contributed by atoms with Gasteiger partial charge in [-0.1, -0.05) is 36.4 Å². The van der Waals surface area contributed by atoms with Crippen LogP contribution in [0.15, 0.2) is 47.5 Å². The Hall–Kier alpha value is -2.49. The summed E-state index contributed by atoms with van der Waals surface area (Å²) in [5, 5.41) is 6.36. The van der Waals surface area contributed by atoms with Crippen molar-refractivity contribution in [1.82, 2.24) is 14.9 Å². The standard InChI is InChI=1S/C22H29FN4O3S/c1-17-7-8-18(13-21(17)23)14-25-22(24-2)26-15-19-5-3-4-6-20(19)16-31(28,29)27-9-11-30-12-10-27/h3-8,13H,9-12,14-16H2,1-2H3,(H2,24,25,26). The van der Waals surface area contributed by atoms with Gasteiger partial charge in [-0.15, -0.1) is 0 Å². The van der Waals surface area contributed by atoms with Crippen LogP contribution in [0.2, 0.25) is 0 Å². The second-order valence-corrected chi connectivity index (χ2v) is 9.37. The van der Waals surface area contributed by atoms with E-state index in [0.29, 0.717) is 50.9 Å². The van der Waals surface area contributed by atoms with Crippen molar-refractivity contribution < 1.29 is 17.5 Å². The lowest BCUT2D eigenvalue weighted by molar-refractivity contribution is 0.0729. The minimum atomic E-state index is -3.41. The highest BCUT2D eigenvalue weighted by molar-refractivity contribution is 7.88. The van der Waals surface area contributed by atoms with Gasteiger partial charge in [-0.3, -0.25) is 4.99 Å². The fraction of sp³-hybridized carbons (Fsp3) is 0.409. The molecule has 2 aromatic rings. The lowest BCUT2D eigenvalue weighted by Crippen LogP contribution is -2.41. The third-order valence-electron chi connectivity index (χ3n) is 5.19. The summed E-state index contributed by atoms with van der Waals surface area (Å²) in [7, 11) is -1.76. The summed E-state index contributed by atoms with van der Waals surface area (Å²) in [6.45, 7) is 4.19. The minimum absolute atomic E-state index is 0.0560. The maximum atomic E-state index is 13.7. The van der Waals surface area contributed by atoms with Crippen LogP contribution in [0.25, 0.3) is 0 Å². The molecule has 1 aliphatic heterocycles. The van der Waals surface area contributed by atoms with Crippen LogP contribution in [-0.4, -0.2) is 52.0 Å². The van der Waals surface area contributed by atoms with Gasteiger partial charge in [-0.05, 0) is 35.2 Å². The van der Waals surface area contributed by atoms with E-state index in [1.54, 1.807) is 20.0 Å². The summed E-state index contributed by atoms with van der Waals surface area (Å²) >= 11 is 0. The molecule has 1 fully saturated rings. The van der Waals surface area contributed by atoms with Gasteiger partial charge < -0.3 is 15.4 Å². The Morgan fingerprint density at radius 3 is 2.45 bits per heavy atom. The van der Waals surface area contributed by atoms with E-state index >= 15 is 0 Å². The Kier molecular flexibility index (Phi) is 8.00. The van der Waals surface area contributed by atoms with Crippen LogP contribution < -0.4 is 10.6 Å². The van der Waals surface area contributed by atoms with Gasteiger partial charge in [0.15, 0.2) is 5.96 Å². The van der Waals surface area contributed by atoms with Gasteiger partial charge >= 0.3 is 0 Å². The summed E-state index contributed by atoms with van der Waals surface area (Å²) in [5.41, 5.74) is 3.04. The molecule has 0 atom stereocenters. The minimum Gasteiger partial charge on any atom is -0.379 e. The van der Waals surface area contributed by atoms with E-state index in [4.69, 9.17) is 4.74 Å².